The van der Waals surface area contributed by atoms with E-state index in [0.29, 0.717) is 12.8 Å². The summed E-state index contributed by atoms with van der Waals surface area (Å²) in [6.07, 6.45) is 10.3. The molecule has 4 unspecified atom stereocenters. The third kappa shape index (κ3) is 21.2. The van der Waals surface area contributed by atoms with Crippen LogP contribution in [-0.2, 0) is 42.7 Å². The monoisotopic (exact) mass is 947 g/mol. The van der Waals surface area contributed by atoms with Crippen molar-refractivity contribution in [2.24, 2.45) is 29.6 Å². The Balaban J connectivity index is 1.52. The van der Waals surface area contributed by atoms with E-state index in [1.54, 1.807) is 0 Å². The summed E-state index contributed by atoms with van der Waals surface area (Å²) in [4.78, 5) is 23.1. The Labute approximate surface area is 397 Å². The summed E-state index contributed by atoms with van der Waals surface area (Å²) < 4.78 is 44.1. The molecule has 0 aliphatic carbocycles. The Bertz CT molecular complexity index is 1290. The summed E-state index contributed by atoms with van der Waals surface area (Å²) in [6, 6.07) is 0. The van der Waals surface area contributed by atoms with Crippen LogP contribution in [0.1, 0.15) is 190 Å². The molecule has 0 radical (unpaired) electrons. The molecule has 66 heavy (non-hydrogen) atoms. The summed E-state index contributed by atoms with van der Waals surface area (Å²) in [7, 11) is 0. The molecule has 0 aromatic carbocycles. The maximum Gasteiger partial charge on any atom is 0.332 e. The molecule has 3 fully saturated rings. The topological polar surface area (TPSA) is 220 Å². The van der Waals surface area contributed by atoms with E-state index in [-0.39, 0.29) is 68.1 Å². The molecule has 6 N–H and O–H groups in total. The van der Waals surface area contributed by atoms with Crippen molar-refractivity contribution < 1.29 is 73.4 Å². The number of aliphatic hydroxyl groups is 5. The fourth-order valence-electron chi connectivity index (χ4n) is 9.30. The molecule has 3 aliphatic rings. The molecule has 16 atom stereocenters. The highest BCUT2D eigenvalue weighted by Gasteiger charge is 2.50. The van der Waals surface area contributed by atoms with Gasteiger partial charge in [-0.05, 0) is 44.4 Å². The van der Waals surface area contributed by atoms with Gasteiger partial charge in [-0.15, -0.1) is 0 Å². The van der Waals surface area contributed by atoms with Gasteiger partial charge in [0.1, 0.15) is 18.8 Å². The maximum atomic E-state index is 12.4. The first-order valence-corrected chi connectivity index (χ1v) is 26.2. The van der Waals surface area contributed by atoms with E-state index in [1.165, 1.54) is 25.7 Å². The first-order chi connectivity index (χ1) is 31.5. The number of esters is 1. The minimum atomic E-state index is -1.24. The Morgan fingerprint density at radius 2 is 1.09 bits per heavy atom. The van der Waals surface area contributed by atoms with E-state index in [2.05, 4.69) is 6.92 Å². The Hall–Kier alpha value is -1.50. The van der Waals surface area contributed by atoms with Crippen molar-refractivity contribution in [3.05, 3.63) is 0 Å². The van der Waals surface area contributed by atoms with Gasteiger partial charge in [0.25, 0.3) is 0 Å². The maximum absolute atomic E-state index is 12.4. The van der Waals surface area contributed by atoms with Gasteiger partial charge >= 0.3 is 11.9 Å². The van der Waals surface area contributed by atoms with Gasteiger partial charge in [0.15, 0.2) is 25.0 Å². The Morgan fingerprint density at radius 3 is 1.67 bits per heavy atom. The third-order valence-electron chi connectivity index (χ3n) is 14.0. The molecular formula is C51H94O15. The van der Waals surface area contributed by atoms with E-state index in [4.69, 9.17) is 38.3 Å². The fourth-order valence-corrected chi connectivity index (χ4v) is 9.30. The lowest BCUT2D eigenvalue weighted by Crippen LogP contribution is -2.60. The van der Waals surface area contributed by atoms with E-state index < -0.39 is 73.5 Å². The first-order valence-electron chi connectivity index (χ1n) is 26.2. The van der Waals surface area contributed by atoms with E-state index >= 15 is 0 Å². The number of ether oxygens (including phenoxy) is 7. The number of carbonyl (C=O) groups is 2. The first kappa shape index (κ1) is 58.8. The molecule has 388 valence electrons. The number of carbonyl (C=O) groups excluding carboxylic acids is 1. The van der Waals surface area contributed by atoms with Gasteiger partial charge in [-0.1, -0.05) is 145 Å². The largest absolute Gasteiger partial charge is 0.479 e. The quantitative estimate of drug-likeness (QED) is 0.0268. The van der Waals surface area contributed by atoms with Gasteiger partial charge in [-0.3, -0.25) is 4.79 Å². The Kier molecular flexibility index (Phi) is 28.9. The number of hydrogen-bond donors (Lipinski definition) is 6. The van der Waals surface area contributed by atoms with Gasteiger partial charge in [0.2, 0.25) is 0 Å². The van der Waals surface area contributed by atoms with Crippen LogP contribution in [0.25, 0.3) is 0 Å². The van der Waals surface area contributed by atoms with Crippen molar-refractivity contribution in [2.45, 2.75) is 264 Å². The lowest BCUT2D eigenvalue weighted by molar-refractivity contribution is -0.369. The van der Waals surface area contributed by atoms with Crippen molar-refractivity contribution in [1.29, 1.82) is 0 Å². The lowest BCUT2D eigenvalue weighted by atomic mass is 9.86. The molecule has 0 saturated carbocycles. The number of unbranched alkanes of at least 4 members (excludes halogenated alkanes) is 13. The normalized spacial score (nSPS) is 32.0. The van der Waals surface area contributed by atoms with Crippen LogP contribution in [-0.4, -0.2) is 136 Å². The van der Waals surface area contributed by atoms with E-state index in [1.807, 2.05) is 41.5 Å². The average Bonchev–Trinajstić information content (AvgIpc) is 3.27. The molecule has 3 saturated heterocycles. The molecule has 3 rings (SSSR count). The molecule has 0 aromatic rings. The number of carboxylic acid groups (broad SMARTS) is 1. The lowest BCUT2D eigenvalue weighted by Gasteiger charge is -2.47. The molecule has 3 heterocycles. The van der Waals surface area contributed by atoms with Crippen LogP contribution in [0.3, 0.4) is 0 Å². The SMILES string of the molecule is CCCCCCC(CCCC(O)CCCCCCCCCCCCCC(O)C(=O)O)O[C@@H]1OC[C@@H](C)[C@H](O)C1O[C@@H]1OC[C@@H](C)[C@H](O)[C@H]1O[C@@H]1O[C@H](COC(=O)CC(C)C)[C@@H](C)[C@H](O)[C@H]1C. The standard InChI is InChI=1S/C51H94O15/c1-8-9-10-21-26-39(27-23-25-38(52)24-20-18-16-14-12-11-13-15-17-19-22-28-40(53)48(58)59)63-50-46(43(55)34(4)30-61-50)66-51-47(44(56)35(5)31-62-51)65-49-37(7)45(57)36(6)41(64-49)32-60-42(54)29-33(2)3/h33-41,43-47,49-53,55-57H,8-32H2,1-7H3,(H,58,59)/t34-,35-,36-,37-,38?,39?,40?,41-,43+,44+,45+,46?,47-,49+,50+,51+/m1/s1. The third-order valence-corrected chi connectivity index (χ3v) is 14.0. The molecule has 0 spiro atoms. The van der Waals surface area contributed by atoms with Crippen LogP contribution in [0.15, 0.2) is 0 Å². The summed E-state index contributed by atoms with van der Waals surface area (Å²) >= 11 is 0. The van der Waals surface area contributed by atoms with E-state index in [9.17, 15) is 35.1 Å². The van der Waals surface area contributed by atoms with Gasteiger partial charge in [0.05, 0.1) is 49.8 Å². The highest BCUT2D eigenvalue weighted by atomic mass is 16.8. The molecule has 0 bridgehead atoms. The van der Waals surface area contributed by atoms with Crippen molar-refractivity contribution in [3.63, 3.8) is 0 Å². The molecule has 0 amide bonds. The predicted octanol–water partition coefficient (Wildman–Crippen LogP) is 7.81. The van der Waals surface area contributed by atoms with Crippen LogP contribution in [0.5, 0.6) is 0 Å². The minimum Gasteiger partial charge on any atom is -0.479 e. The summed E-state index contributed by atoms with van der Waals surface area (Å²) in [5.41, 5.74) is 0. The van der Waals surface area contributed by atoms with E-state index in [0.717, 1.165) is 96.3 Å². The summed E-state index contributed by atoms with van der Waals surface area (Å²) in [6.45, 7) is 13.9. The summed E-state index contributed by atoms with van der Waals surface area (Å²) in [5.74, 6) is -2.77. The smallest absolute Gasteiger partial charge is 0.332 e. The van der Waals surface area contributed by atoms with Gasteiger partial charge in [0, 0.05) is 30.1 Å². The second-order valence-corrected chi connectivity index (χ2v) is 20.6. The second-order valence-electron chi connectivity index (χ2n) is 20.6. The zero-order chi connectivity index (χ0) is 48.6. The van der Waals surface area contributed by atoms with Crippen molar-refractivity contribution in [2.75, 3.05) is 19.8 Å². The molecular weight excluding hydrogens is 853 g/mol. The van der Waals surface area contributed by atoms with Crippen molar-refractivity contribution >= 4 is 11.9 Å². The Morgan fingerprint density at radius 1 is 0.606 bits per heavy atom. The molecule has 15 heteroatoms. The molecule has 15 nitrogen and oxygen atoms in total. The van der Waals surface area contributed by atoms with Gasteiger partial charge in [-0.2, -0.15) is 0 Å². The number of aliphatic carboxylic acids is 1. The summed E-state index contributed by atoms with van der Waals surface area (Å²) in [5, 5.41) is 63.4. The van der Waals surface area contributed by atoms with Gasteiger partial charge in [-0.25, -0.2) is 4.79 Å². The fraction of sp³-hybridized carbons (Fsp3) is 0.961. The zero-order valence-corrected chi connectivity index (χ0v) is 41.9. The number of carboxylic acids is 1. The van der Waals surface area contributed by atoms with Crippen molar-refractivity contribution in [1.82, 2.24) is 0 Å². The van der Waals surface area contributed by atoms with Crippen LogP contribution in [0.4, 0.5) is 0 Å². The minimum absolute atomic E-state index is 0.0447. The number of rotatable bonds is 34. The highest BCUT2D eigenvalue weighted by Crippen LogP contribution is 2.36. The van der Waals surface area contributed by atoms with Crippen LogP contribution < -0.4 is 0 Å². The molecule has 0 aromatic heterocycles. The highest BCUT2D eigenvalue weighted by molar-refractivity contribution is 5.71. The van der Waals surface area contributed by atoms with Gasteiger partial charge < -0.3 is 63.8 Å². The zero-order valence-electron chi connectivity index (χ0n) is 41.9. The molecule has 3 aliphatic heterocycles. The number of aliphatic hydroxyl groups excluding tert-OH is 5. The van der Waals surface area contributed by atoms with Crippen LogP contribution >= 0.6 is 0 Å². The second kappa shape index (κ2) is 32.4. The van der Waals surface area contributed by atoms with Crippen LogP contribution in [0, 0.1) is 29.6 Å². The van der Waals surface area contributed by atoms with Crippen molar-refractivity contribution in [3.8, 4) is 0 Å². The average molecular weight is 947 g/mol. The number of hydrogen-bond acceptors (Lipinski definition) is 14. The van der Waals surface area contributed by atoms with Crippen LogP contribution in [0.2, 0.25) is 0 Å². The predicted molar refractivity (Wildman–Crippen MR) is 250 cm³/mol.